The standard InChI is InChI=1S/C16H11FN2O3/c17-12-4-2-11(3-5-12)15-16(21)19-14-7-10(8-22-9-20)1-6-13(14)18-15/h1-7,9H,8H2,(H,19,21). The zero-order chi connectivity index (χ0) is 15.5. The number of nitrogens with zero attached hydrogens (tertiary/aromatic N) is 1. The number of nitrogens with one attached hydrogen (secondary N) is 1. The molecule has 5 nitrogen and oxygen atoms in total. The maximum absolute atomic E-state index is 13.0. The number of fused-ring (bicyclic) bond motifs is 1. The average Bonchev–Trinajstić information content (AvgIpc) is 2.53. The van der Waals surface area contributed by atoms with Crippen LogP contribution in [0.2, 0.25) is 0 Å². The number of halogens is 1. The number of aromatic amines is 1. The molecule has 0 bridgehead atoms. The smallest absolute Gasteiger partial charge is 0.293 e. The van der Waals surface area contributed by atoms with Crippen LogP contribution in [0.1, 0.15) is 5.56 Å². The predicted octanol–water partition coefficient (Wildman–Crippen LogP) is 2.40. The molecule has 0 aliphatic rings. The van der Waals surface area contributed by atoms with Gasteiger partial charge in [0.2, 0.25) is 0 Å². The minimum atomic E-state index is -0.374. The van der Waals surface area contributed by atoms with Gasteiger partial charge in [0.25, 0.3) is 12.0 Å². The second-order valence-electron chi connectivity index (χ2n) is 4.68. The summed E-state index contributed by atoms with van der Waals surface area (Å²) in [6.45, 7) is 0.490. The molecule has 0 amide bonds. The molecule has 0 atom stereocenters. The van der Waals surface area contributed by atoms with Gasteiger partial charge in [-0.3, -0.25) is 9.59 Å². The zero-order valence-electron chi connectivity index (χ0n) is 11.4. The van der Waals surface area contributed by atoms with E-state index in [1.165, 1.54) is 24.3 Å². The van der Waals surface area contributed by atoms with E-state index in [-0.39, 0.29) is 23.7 Å². The van der Waals surface area contributed by atoms with Crippen LogP contribution in [-0.4, -0.2) is 16.4 Å². The summed E-state index contributed by atoms with van der Waals surface area (Å²) in [6.07, 6.45) is 0. The van der Waals surface area contributed by atoms with Crippen LogP contribution in [0.3, 0.4) is 0 Å². The molecule has 0 unspecified atom stereocenters. The first-order valence-electron chi connectivity index (χ1n) is 6.51. The minimum absolute atomic E-state index is 0.126. The lowest BCUT2D eigenvalue weighted by molar-refractivity contribution is -0.129. The third-order valence-corrected chi connectivity index (χ3v) is 3.19. The molecule has 1 N–H and O–H groups in total. The van der Waals surface area contributed by atoms with Crippen LogP contribution in [0, 0.1) is 5.82 Å². The maximum atomic E-state index is 13.0. The van der Waals surface area contributed by atoms with E-state index in [0.29, 0.717) is 23.1 Å². The van der Waals surface area contributed by atoms with Crippen molar-refractivity contribution < 1.29 is 13.9 Å². The van der Waals surface area contributed by atoms with Crippen LogP contribution in [0.25, 0.3) is 22.3 Å². The summed E-state index contributed by atoms with van der Waals surface area (Å²) in [5.74, 6) is -0.374. The minimum Gasteiger partial charge on any atom is -0.463 e. The fourth-order valence-electron chi connectivity index (χ4n) is 2.16. The molecule has 3 aromatic rings. The summed E-state index contributed by atoms with van der Waals surface area (Å²) in [6, 6.07) is 10.7. The Bertz CT molecular complexity index is 888. The molecule has 0 spiro atoms. The van der Waals surface area contributed by atoms with Crippen LogP contribution < -0.4 is 5.56 Å². The molecular weight excluding hydrogens is 287 g/mol. The van der Waals surface area contributed by atoms with E-state index >= 15 is 0 Å². The quantitative estimate of drug-likeness (QED) is 0.751. The first-order chi connectivity index (χ1) is 10.7. The lowest BCUT2D eigenvalue weighted by Gasteiger charge is -2.05. The van der Waals surface area contributed by atoms with Gasteiger partial charge in [0.15, 0.2) is 0 Å². The monoisotopic (exact) mass is 298 g/mol. The van der Waals surface area contributed by atoms with Gasteiger partial charge in [0.1, 0.15) is 18.1 Å². The van der Waals surface area contributed by atoms with Crippen molar-refractivity contribution in [3.63, 3.8) is 0 Å². The highest BCUT2D eigenvalue weighted by Gasteiger charge is 2.08. The van der Waals surface area contributed by atoms with Gasteiger partial charge in [-0.1, -0.05) is 6.07 Å². The molecule has 0 saturated carbocycles. The van der Waals surface area contributed by atoms with Crippen LogP contribution in [0.4, 0.5) is 4.39 Å². The molecule has 0 fully saturated rings. The maximum Gasteiger partial charge on any atom is 0.293 e. The number of carbonyl (C=O) groups is 1. The Morgan fingerprint density at radius 3 is 2.68 bits per heavy atom. The number of benzene rings is 2. The number of rotatable bonds is 4. The first-order valence-corrected chi connectivity index (χ1v) is 6.51. The van der Waals surface area contributed by atoms with E-state index in [1.54, 1.807) is 18.2 Å². The van der Waals surface area contributed by atoms with Crippen LogP contribution in [0.15, 0.2) is 47.3 Å². The second-order valence-corrected chi connectivity index (χ2v) is 4.68. The van der Waals surface area contributed by atoms with Crippen molar-refractivity contribution in [2.24, 2.45) is 0 Å². The summed E-state index contributed by atoms with van der Waals surface area (Å²) in [4.78, 5) is 29.4. The van der Waals surface area contributed by atoms with Crippen molar-refractivity contribution in [2.75, 3.05) is 0 Å². The van der Waals surface area contributed by atoms with Crippen molar-refractivity contribution in [1.82, 2.24) is 9.97 Å². The lowest BCUT2D eigenvalue weighted by Crippen LogP contribution is -2.11. The molecule has 110 valence electrons. The number of carbonyl (C=O) groups excluding carboxylic acids is 1. The third kappa shape index (κ3) is 2.71. The molecule has 1 heterocycles. The Labute approximate surface area is 124 Å². The Kier molecular flexibility index (Phi) is 3.65. The molecule has 0 aliphatic carbocycles. The normalized spacial score (nSPS) is 10.6. The Morgan fingerprint density at radius 1 is 1.18 bits per heavy atom. The van der Waals surface area contributed by atoms with E-state index in [1.807, 2.05) is 0 Å². The summed E-state index contributed by atoms with van der Waals surface area (Å²) in [7, 11) is 0. The molecule has 3 rings (SSSR count). The summed E-state index contributed by atoms with van der Waals surface area (Å²) in [5, 5.41) is 0. The lowest BCUT2D eigenvalue weighted by atomic mass is 10.1. The first kappa shape index (κ1) is 13.9. The Morgan fingerprint density at radius 2 is 1.95 bits per heavy atom. The summed E-state index contributed by atoms with van der Waals surface area (Å²) < 4.78 is 17.6. The van der Waals surface area contributed by atoms with Gasteiger partial charge in [0, 0.05) is 5.56 Å². The van der Waals surface area contributed by atoms with E-state index in [0.717, 1.165) is 5.56 Å². The number of ether oxygens (including phenoxy) is 1. The number of hydrogen-bond acceptors (Lipinski definition) is 4. The van der Waals surface area contributed by atoms with Crippen molar-refractivity contribution in [3.05, 3.63) is 64.2 Å². The largest absolute Gasteiger partial charge is 0.463 e. The van der Waals surface area contributed by atoms with E-state index < -0.39 is 0 Å². The van der Waals surface area contributed by atoms with Gasteiger partial charge in [-0.25, -0.2) is 9.37 Å². The molecule has 1 aromatic heterocycles. The van der Waals surface area contributed by atoms with Crippen molar-refractivity contribution in [3.8, 4) is 11.3 Å². The fraction of sp³-hybridized carbons (Fsp3) is 0.0625. The molecule has 6 heteroatoms. The Hall–Kier alpha value is -3.02. The van der Waals surface area contributed by atoms with Crippen molar-refractivity contribution >= 4 is 17.5 Å². The SMILES string of the molecule is O=COCc1ccc2nc(-c3ccc(F)cc3)c(=O)[nH]c2c1. The number of aromatic nitrogens is 2. The predicted molar refractivity (Wildman–Crippen MR) is 78.6 cm³/mol. The van der Waals surface area contributed by atoms with Crippen LogP contribution in [-0.2, 0) is 16.1 Å². The van der Waals surface area contributed by atoms with Gasteiger partial charge >= 0.3 is 0 Å². The highest BCUT2D eigenvalue weighted by atomic mass is 19.1. The van der Waals surface area contributed by atoms with Crippen molar-refractivity contribution in [2.45, 2.75) is 6.61 Å². The number of H-pyrrole nitrogens is 1. The van der Waals surface area contributed by atoms with E-state index in [9.17, 15) is 14.0 Å². The molecular formula is C16H11FN2O3. The third-order valence-electron chi connectivity index (χ3n) is 3.19. The van der Waals surface area contributed by atoms with Gasteiger partial charge in [-0.2, -0.15) is 0 Å². The molecule has 2 aromatic carbocycles. The van der Waals surface area contributed by atoms with E-state index in [2.05, 4.69) is 14.7 Å². The van der Waals surface area contributed by atoms with Gasteiger partial charge in [-0.05, 0) is 42.0 Å². The van der Waals surface area contributed by atoms with Gasteiger partial charge in [-0.15, -0.1) is 0 Å². The Balaban J connectivity index is 2.07. The number of hydrogen-bond donors (Lipinski definition) is 1. The summed E-state index contributed by atoms with van der Waals surface area (Å²) >= 11 is 0. The van der Waals surface area contributed by atoms with Gasteiger partial charge < -0.3 is 9.72 Å². The molecule has 22 heavy (non-hydrogen) atoms. The summed E-state index contributed by atoms with van der Waals surface area (Å²) in [5.41, 5.74) is 2.28. The second kappa shape index (κ2) is 5.77. The van der Waals surface area contributed by atoms with Gasteiger partial charge in [0.05, 0.1) is 11.0 Å². The zero-order valence-corrected chi connectivity index (χ0v) is 11.4. The van der Waals surface area contributed by atoms with Crippen LogP contribution >= 0.6 is 0 Å². The van der Waals surface area contributed by atoms with E-state index in [4.69, 9.17) is 0 Å². The average molecular weight is 298 g/mol. The highest BCUT2D eigenvalue weighted by molar-refractivity contribution is 5.77. The highest BCUT2D eigenvalue weighted by Crippen LogP contribution is 2.17. The molecule has 0 aliphatic heterocycles. The topological polar surface area (TPSA) is 72.0 Å². The molecule has 0 saturated heterocycles. The van der Waals surface area contributed by atoms with Crippen LogP contribution in [0.5, 0.6) is 0 Å². The van der Waals surface area contributed by atoms with Crippen molar-refractivity contribution in [1.29, 1.82) is 0 Å². The molecule has 0 radical (unpaired) electrons. The fourth-order valence-corrected chi connectivity index (χ4v) is 2.16.